The minimum atomic E-state index is 0.553. The van der Waals surface area contributed by atoms with Gasteiger partial charge in [-0.2, -0.15) is 0 Å². The molecule has 2 nitrogen and oxygen atoms in total. The van der Waals surface area contributed by atoms with Gasteiger partial charge in [0, 0.05) is 35.3 Å². The Hall–Kier alpha value is -0.540. The summed E-state index contributed by atoms with van der Waals surface area (Å²) in [5, 5.41) is 3.70. The van der Waals surface area contributed by atoms with Gasteiger partial charge in [0.05, 0.1) is 0 Å². The number of piperazine rings is 1. The number of nitrogens with one attached hydrogen (secondary N) is 1. The van der Waals surface area contributed by atoms with Crippen molar-refractivity contribution in [3.05, 3.63) is 27.7 Å². The second kappa shape index (κ2) is 6.48. The number of hydrogen-bond donors (Lipinski definition) is 1. The normalized spacial score (nSPS) is 23.4. The predicted octanol–water partition coefficient (Wildman–Crippen LogP) is 4.28. The van der Waals surface area contributed by atoms with Crippen LogP contribution in [-0.4, -0.2) is 25.2 Å². The largest absolute Gasteiger partial charge is 0.366 e. The Morgan fingerprint density at radius 2 is 1.90 bits per heavy atom. The van der Waals surface area contributed by atoms with Crippen LogP contribution in [0, 0.1) is 19.8 Å². The Bertz CT molecular complexity index is 447. The molecule has 2 rings (SSSR count). The third-order valence-corrected chi connectivity index (χ3v) is 4.61. The Labute approximate surface area is 132 Å². The fraction of sp³-hybridized carbons (Fsp3) is 0.647. The molecule has 1 aliphatic heterocycles. The van der Waals surface area contributed by atoms with E-state index >= 15 is 0 Å². The highest BCUT2D eigenvalue weighted by Crippen LogP contribution is 2.31. The van der Waals surface area contributed by atoms with Gasteiger partial charge in [-0.1, -0.05) is 29.8 Å². The number of rotatable bonds is 3. The highest BCUT2D eigenvalue weighted by molar-refractivity contribution is 9.10. The van der Waals surface area contributed by atoms with Crippen molar-refractivity contribution in [1.82, 2.24) is 5.32 Å². The first-order chi connectivity index (χ1) is 9.38. The van der Waals surface area contributed by atoms with Crippen molar-refractivity contribution < 1.29 is 0 Å². The molecule has 0 radical (unpaired) electrons. The van der Waals surface area contributed by atoms with E-state index in [-0.39, 0.29) is 0 Å². The van der Waals surface area contributed by atoms with E-state index in [1.807, 2.05) is 0 Å². The van der Waals surface area contributed by atoms with E-state index < -0.39 is 0 Å². The van der Waals surface area contributed by atoms with Gasteiger partial charge in [0.15, 0.2) is 0 Å². The first-order valence-electron chi connectivity index (χ1n) is 7.65. The van der Waals surface area contributed by atoms with E-state index in [0.29, 0.717) is 12.1 Å². The number of anilines is 1. The summed E-state index contributed by atoms with van der Waals surface area (Å²) in [7, 11) is 0. The molecule has 2 unspecified atom stereocenters. The number of nitrogens with zero attached hydrogens (tertiary/aromatic N) is 1. The summed E-state index contributed by atoms with van der Waals surface area (Å²) in [5.41, 5.74) is 4.17. The standard InChI is InChI=1S/C17H27BrN2/c1-11(2)6-16-10-20(14(5)9-19-16)17-12(3)7-15(18)8-13(17)4/h7-8,11,14,16,19H,6,9-10H2,1-5H3. The maximum Gasteiger partial charge on any atom is 0.0429 e. The van der Waals surface area contributed by atoms with Crippen molar-refractivity contribution in [2.75, 3.05) is 18.0 Å². The van der Waals surface area contributed by atoms with E-state index in [4.69, 9.17) is 0 Å². The zero-order chi connectivity index (χ0) is 14.9. The smallest absolute Gasteiger partial charge is 0.0429 e. The molecule has 0 amide bonds. The number of halogens is 1. The van der Waals surface area contributed by atoms with Crippen molar-refractivity contribution >= 4 is 21.6 Å². The van der Waals surface area contributed by atoms with Crippen LogP contribution in [0.1, 0.15) is 38.3 Å². The highest BCUT2D eigenvalue weighted by atomic mass is 79.9. The zero-order valence-corrected chi connectivity index (χ0v) is 14.9. The van der Waals surface area contributed by atoms with Crippen molar-refractivity contribution in [2.45, 2.75) is 53.1 Å². The molecule has 1 aromatic carbocycles. The second-order valence-electron chi connectivity index (χ2n) is 6.62. The molecule has 1 aromatic rings. The summed E-state index contributed by atoms with van der Waals surface area (Å²) in [5.74, 6) is 0.745. The van der Waals surface area contributed by atoms with Crippen LogP contribution in [0.15, 0.2) is 16.6 Å². The van der Waals surface area contributed by atoms with Crippen LogP contribution in [0.3, 0.4) is 0 Å². The molecule has 0 aliphatic carbocycles. The molecule has 1 saturated heterocycles. The number of aryl methyl sites for hydroxylation is 2. The van der Waals surface area contributed by atoms with Gasteiger partial charge in [-0.3, -0.25) is 0 Å². The van der Waals surface area contributed by atoms with Gasteiger partial charge >= 0.3 is 0 Å². The molecule has 0 bridgehead atoms. The van der Waals surface area contributed by atoms with E-state index in [1.54, 1.807) is 0 Å². The maximum atomic E-state index is 3.70. The summed E-state index contributed by atoms with van der Waals surface area (Å²) < 4.78 is 1.18. The summed E-state index contributed by atoms with van der Waals surface area (Å²) in [6.45, 7) is 13.6. The van der Waals surface area contributed by atoms with E-state index in [2.05, 4.69) is 72.9 Å². The fourth-order valence-corrected chi connectivity index (χ4v) is 4.01. The third-order valence-electron chi connectivity index (χ3n) is 4.15. The Balaban J connectivity index is 2.25. The predicted molar refractivity (Wildman–Crippen MR) is 91.7 cm³/mol. The van der Waals surface area contributed by atoms with Crippen LogP contribution in [0.5, 0.6) is 0 Å². The van der Waals surface area contributed by atoms with Gasteiger partial charge < -0.3 is 10.2 Å². The lowest BCUT2D eigenvalue weighted by Gasteiger charge is -2.42. The lowest BCUT2D eigenvalue weighted by atomic mass is 9.98. The van der Waals surface area contributed by atoms with Crippen molar-refractivity contribution in [1.29, 1.82) is 0 Å². The molecule has 1 aliphatic rings. The molecule has 20 heavy (non-hydrogen) atoms. The SMILES string of the molecule is Cc1cc(Br)cc(C)c1N1CC(CC(C)C)NCC1C. The van der Waals surface area contributed by atoms with Gasteiger partial charge in [0.2, 0.25) is 0 Å². The average molecular weight is 339 g/mol. The van der Waals surface area contributed by atoms with Crippen molar-refractivity contribution in [3.63, 3.8) is 0 Å². The van der Waals surface area contributed by atoms with Crippen LogP contribution >= 0.6 is 15.9 Å². The molecule has 0 spiro atoms. The lowest BCUT2D eigenvalue weighted by Crippen LogP contribution is -2.56. The van der Waals surface area contributed by atoms with E-state index in [1.165, 1.54) is 27.7 Å². The minimum Gasteiger partial charge on any atom is -0.366 e. The molecule has 0 saturated carbocycles. The number of hydrogen-bond acceptors (Lipinski definition) is 2. The average Bonchev–Trinajstić information content (AvgIpc) is 2.31. The first-order valence-corrected chi connectivity index (χ1v) is 8.44. The summed E-state index contributed by atoms with van der Waals surface area (Å²) in [4.78, 5) is 2.60. The van der Waals surface area contributed by atoms with E-state index in [9.17, 15) is 0 Å². The third kappa shape index (κ3) is 3.56. The lowest BCUT2D eigenvalue weighted by molar-refractivity contribution is 0.355. The summed E-state index contributed by atoms with van der Waals surface area (Å²) in [6.07, 6.45) is 1.25. The van der Waals surface area contributed by atoms with Gasteiger partial charge in [-0.05, 0) is 56.4 Å². The van der Waals surface area contributed by atoms with Crippen LogP contribution in [-0.2, 0) is 0 Å². The van der Waals surface area contributed by atoms with Crippen LogP contribution in [0.25, 0.3) is 0 Å². The molecule has 3 heteroatoms. The molecule has 1 N–H and O–H groups in total. The summed E-state index contributed by atoms with van der Waals surface area (Å²) >= 11 is 3.60. The van der Waals surface area contributed by atoms with Crippen LogP contribution in [0.4, 0.5) is 5.69 Å². The molecule has 0 aromatic heterocycles. The van der Waals surface area contributed by atoms with Gasteiger partial charge in [-0.15, -0.1) is 0 Å². The second-order valence-corrected chi connectivity index (χ2v) is 7.54. The van der Waals surface area contributed by atoms with Crippen molar-refractivity contribution in [2.24, 2.45) is 5.92 Å². The zero-order valence-electron chi connectivity index (χ0n) is 13.3. The molecule has 112 valence electrons. The fourth-order valence-electron chi connectivity index (χ4n) is 3.32. The molecular weight excluding hydrogens is 312 g/mol. The molecule has 2 atom stereocenters. The van der Waals surface area contributed by atoms with Crippen molar-refractivity contribution in [3.8, 4) is 0 Å². The number of benzene rings is 1. The van der Waals surface area contributed by atoms with Gasteiger partial charge in [0.25, 0.3) is 0 Å². The minimum absolute atomic E-state index is 0.553. The summed E-state index contributed by atoms with van der Waals surface area (Å²) in [6, 6.07) is 5.62. The van der Waals surface area contributed by atoms with Crippen LogP contribution < -0.4 is 10.2 Å². The Morgan fingerprint density at radius 3 is 2.45 bits per heavy atom. The quantitative estimate of drug-likeness (QED) is 0.884. The first kappa shape index (κ1) is 15.8. The van der Waals surface area contributed by atoms with E-state index in [0.717, 1.165) is 19.0 Å². The Morgan fingerprint density at radius 1 is 1.30 bits per heavy atom. The monoisotopic (exact) mass is 338 g/mol. The Kier molecular flexibility index (Phi) is 5.14. The topological polar surface area (TPSA) is 15.3 Å². The van der Waals surface area contributed by atoms with Crippen LogP contribution in [0.2, 0.25) is 0 Å². The maximum absolute atomic E-state index is 3.70. The van der Waals surface area contributed by atoms with Gasteiger partial charge in [0.1, 0.15) is 0 Å². The molecule has 1 fully saturated rings. The highest BCUT2D eigenvalue weighted by Gasteiger charge is 2.27. The molecular formula is C17H27BrN2. The molecule has 1 heterocycles. The van der Waals surface area contributed by atoms with Gasteiger partial charge in [-0.25, -0.2) is 0 Å².